The van der Waals surface area contributed by atoms with Crippen LogP contribution in [0.1, 0.15) is 12.2 Å². The minimum absolute atomic E-state index is 0.0639. The number of imidazole rings is 1. The van der Waals surface area contributed by atoms with Crippen LogP contribution < -0.4 is 14.4 Å². The van der Waals surface area contributed by atoms with Crippen LogP contribution in [0.25, 0.3) is 28.4 Å². The van der Waals surface area contributed by atoms with E-state index in [0.717, 1.165) is 23.5 Å². The van der Waals surface area contributed by atoms with Crippen molar-refractivity contribution in [3.8, 4) is 23.1 Å². The molecule has 2 aromatic heterocycles. The number of hydrogen-bond acceptors (Lipinski definition) is 10. The number of nitrogens with zero attached hydrogens (tertiary/aromatic N) is 7. The van der Waals surface area contributed by atoms with Gasteiger partial charge in [-0.15, -0.1) is 0 Å². The van der Waals surface area contributed by atoms with Gasteiger partial charge >= 0.3 is 0 Å². The first-order valence-corrected chi connectivity index (χ1v) is 13.5. The van der Waals surface area contributed by atoms with Crippen molar-refractivity contribution in [2.75, 3.05) is 69.4 Å². The maximum atomic E-state index is 14.2. The summed E-state index contributed by atoms with van der Waals surface area (Å²) in [5.74, 6) is 1.69. The van der Waals surface area contributed by atoms with Gasteiger partial charge in [-0.2, -0.15) is 15.0 Å². The monoisotopic (exact) mass is 556 g/mol. The van der Waals surface area contributed by atoms with Crippen LogP contribution in [0.4, 0.5) is 20.4 Å². The molecule has 1 fully saturated rings. The van der Waals surface area contributed by atoms with Gasteiger partial charge in [0.15, 0.2) is 11.6 Å². The number of rotatable bonds is 10. The van der Waals surface area contributed by atoms with E-state index in [1.54, 1.807) is 30.1 Å². The van der Waals surface area contributed by atoms with Crippen molar-refractivity contribution in [3.05, 3.63) is 48.3 Å². The lowest BCUT2D eigenvalue weighted by Gasteiger charge is -2.27. The van der Waals surface area contributed by atoms with Gasteiger partial charge in [-0.05, 0) is 50.5 Å². The second-order valence-electron chi connectivity index (χ2n) is 9.12. The Bertz CT molecular complexity index is 1410. The molecule has 0 atom stereocenters. The van der Waals surface area contributed by atoms with Crippen LogP contribution in [0.15, 0.2) is 42.5 Å². The Morgan fingerprint density at radius 3 is 2.46 bits per heavy atom. The Hall–Kier alpha value is -3.55. The molecule has 10 nitrogen and oxygen atoms in total. The molecular formula is C26H30F2N8O2S. The molecule has 13 heteroatoms. The van der Waals surface area contributed by atoms with E-state index in [-0.39, 0.29) is 5.95 Å². The van der Waals surface area contributed by atoms with Crippen molar-refractivity contribution in [1.82, 2.24) is 29.4 Å². The normalized spacial score (nSPS) is 14.0. The van der Waals surface area contributed by atoms with Gasteiger partial charge < -0.3 is 24.0 Å². The summed E-state index contributed by atoms with van der Waals surface area (Å²) < 4.78 is 44.0. The standard InChI is InChI=1S/C26H30F2N8O2S/c1-34(2)13-16-39-33-18-9-7-17(8-10-18)23-30-25(35-11-14-38-15-12-35)32-26(31-23)36-19-5-4-6-20(37-3)21(19)29-24(36)22(27)28/h4-10,22,33H,11-16H2,1-3H3. The summed E-state index contributed by atoms with van der Waals surface area (Å²) in [5.41, 5.74) is 2.41. The highest BCUT2D eigenvalue weighted by atomic mass is 32.2. The van der Waals surface area contributed by atoms with E-state index in [0.29, 0.717) is 54.9 Å². The molecule has 2 aromatic carbocycles. The van der Waals surface area contributed by atoms with Gasteiger partial charge in [0.2, 0.25) is 11.9 Å². The van der Waals surface area contributed by atoms with E-state index >= 15 is 0 Å². The van der Waals surface area contributed by atoms with Crippen molar-refractivity contribution >= 4 is 34.6 Å². The van der Waals surface area contributed by atoms with Crippen molar-refractivity contribution in [1.29, 1.82) is 0 Å². The average molecular weight is 557 g/mol. The number of morpholine rings is 1. The Morgan fingerprint density at radius 1 is 1.03 bits per heavy atom. The molecule has 0 radical (unpaired) electrons. The molecule has 206 valence electrons. The van der Waals surface area contributed by atoms with Crippen LogP contribution >= 0.6 is 11.9 Å². The number of aromatic nitrogens is 5. The third-order valence-corrected chi connectivity index (χ3v) is 6.94. The van der Waals surface area contributed by atoms with Gasteiger partial charge in [0, 0.05) is 36.6 Å². The second kappa shape index (κ2) is 12.1. The Labute approximate surface area is 229 Å². The molecule has 39 heavy (non-hydrogen) atoms. The minimum Gasteiger partial charge on any atom is -0.494 e. The zero-order chi connectivity index (χ0) is 27.4. The quantitative estimate of drug-likeness (QED) is 0.225. The number of alkyl halides is 2. The smallest absolute Gasteiger partial charge is 0.296 e. The molecule has 0 saturated carbocycles. The predicted octanol–water partition coefficient (Wildman–Crippen LogP) is 4.28. The fraction of sp³-hybridized carbons (Fsp3) is 0.385. The number of fused-ring (bicyclic) bond motifs is 1. The molecule has 5 rings (SSSR count). The number of para-hydroxylation sites is 1. The van der Waals surface area contributed by atoms with Crippen molar-refractivity contribution in [3.63, 3.8) is 0 Å². The largest absolute Gasteiger partial charge is 0.494 e. The number of hydrogen-bond donors (Lipinski definition) is 1. The molecule has 3 heterocycles. The Kier molecular flexibility index (Phi) is 8.38. The molecule has 0 aliphatic carbocycles. The first-order valence-electron chi connectivity index (χ1n) is 12.5. The molecule has 0 unspecified atom stereocenters. The van der Waals surface area contributed by atoms with Gasteiger partial charge in [0.05, 0.1) is 25.8 Å². The molecular weight excluding hydrogens is 526 g/mol. The lowest BCUT2D eigenvalue weighted by Crippen LogP contribution is -2.37. The Morgan fingerprint density at radius 2 is 1.77 bits per heavy atom. The first-order chi connectivity index (χ1) is 18.9. The molecule has 1 aliphatic rings. The first kappa shape index (κ1) is 27.0. The summed E-state index contributed by atoms with van der Waals surface area (Å²) in [5, 5.41) is 0. The van der Waals surface area contributed by atoms with Gasteiger partial charge in [-0.25, -0.2) is 13.8 Å². The molecule has 4 aromatic rings. The van der Waals surface area contributed by atoms with E-state index in [1.165, 1.54) is 11.7 Å². The number of halogens is 2. The van der Waals surface area contributed by atoms with Crippen molar-refractivity contribution in [2.45, 2.75) is 6.43 Å². The van der Waals surface area contributed by atoms with Gasteiger partial charge in [-0.1, -0.05) is 18.0 Å². The number of anilines is 2. The zero-order valence-electron chi connectivity index (χ0n) is 22.0. The highest BCUT2D eigenvalue weighted by Gasteiger charge is 2.26. The predicted molar refractivity (Wildman–Crippen MR) is 149 cm³/mol. The van der Waals surface area contributed by atoms with Gasteiger partial charge in [0.1, 0.15) is 11.3 Å². The molecule has 0 spiro atoms. The Balaban J connectivity index is 1.56. The molecule has 1 aliphatic heterocycles. The summed E-state index contributed by atoms with van der Waals surface area (Å²) in [7, 11) is 5.56. The third kappa shape index (κ3) is 6.05. The van der Waals surface area contributed by atoms with E-state index in [9.17, 15) is 8.78 Å². The minimum atomic E-state index is -2.86. The topological polar surface area (TPSA) is 93.5 Å². The van der Waals surface area contributed by atoms with Crippen LogP contribution in [0.3, 0.4) is 0 Å². The van der Waals surface area contributed by atoms with Crippen LogP contribution in [-0.4, -0.2) is 89.2 Å². The zero-order valence-corrected chi connectivity index (χ0v) is 22.8. The highest BCUT2D eigenvalue weighted by molar-refractivity contribution is 8.00. The van der Waals surface area contributed by atoms with Crippen molar-refractivity contribution in [2.24, 2.45) is 0 Å². The average Bonchev–Trinajstić information content (AvgIpc) is 3.36. The highest BCUT2D eigenvalue weighted by Crippen LogP contribution is 2.32. The van der Waals surface area contributed by atoms with Crippen molar-refractivity contribution < 1.29 is 18.3 Å². The summed E-state index contributed by atoms with van der Waals surface area (Å²) >= 11 is 1.62. The van der Waals surface area contributed by atoms with Gasteiger partial charge in [-0.3, -0.25) is 4.57 Å². The van der Waals surface area contributed by atoms with Gasteiger partial charge in [0.25, 0.3) is 6.43 Å². The van der Waals surface area contributed by atoms with Crippen LogP contribution in [-0.2, 0) is 4.74 Å². The molecule has 1 N–H and O–H groups in total. The van der Waals surface area contributed by atoms with Crippen LogP contribution in [0.5, 0.6) is 5.75 Å². The lowest BCUT2D eigenvalue weighted by molar-refractivity contribution is 0.122. The van der Waals surface area contributed by atoms with Crippen LogP contribution in [0, 0.1) is 0 Å². The molecule has 0 bridgehead atoms. The number of ether oxygens (including phenoxy) is 2. The summed E-state index contributed by atoms with van der Waals surface area (Å²) in [6.45, 7) is 3.17. The number of nitrogens with one attached hydrogen (secondary N) is 1. The third-order valence-electron chi connectivity index (χ3n) is 6.17. The summed E-state index contributed by atoms with van der Waals surface area (Å²) in [4.78, 5) is 22.3. The summed E-state index contributed by atoms with van der Waals surface area (Å²) in [6.07, 6.45) is -2.86. The van der Waals surface area contributed by atoms with E-state index in [1.807, 2.05) is 43.3 Å². The number of methoxy groups -OCH3 is 1. The fourth-order valence-electron chi connectivity index (χ4n) is 4.15. The lowest BCUT2D eigenvalue weighted by atomic mass is 10.2. The second-order valence-corrected chi connectivity index (χ2v) is 10.0. The van der Waals surface area contributed by atoms with E-state index in [2.05, 4.69) is 24.6 Å². The fourth-order valence-corrected chi connectivity index (χ4v) is 5.01. The molecule has 1 saturated heterocycles. The maximum Gasteiger partial charge on any atom is 0.296 e. The van der Waals surface area contributed by atoms with Crippen LogP contribution in [0.2, 0.25) is 0 Å². The maximum absolute atomic E-state index is 14.2. The molecule has 0 amide bonds. The van der Waals surface area contributed by atoms with E-state index < -0.39 is 12.2 Å². The summed E-state index contributed by atoms with van der Waals surface area (Å²) in [6, 6.07) is 12.8. The number of benzene rings is 2. The van der Waals surface area contributed by atoms with E-state index in [4.69, 9.17) is 14.5 Å². The SMILES string of the molecule is COc1cccc2c1nc(C(F)F)n2-c1nc(-c2ccc(NSCCN(C)C)cc2)nc(N2CCOCC2)n1.